The second-order valence-corrected chi connectivity index (χ2v) is 7.85. The third kappa shape index (κ3) is 3.12. The fraction of sp³-hybridized carbons (Fsp3) is 0.348. The lowest BCUT2D eigenvalue weighted by Gasteiger charge is -2.34. The molecule has 1 N–H and O–H groups in total. The van der Waals surface area contributed by atoms with E-state index in [9.17, 15) is 4.79 Å². The minimum Gasteiger partial charge on any atom is -0.493 e. The molecule has 0 bridgehead atoms. The highest BCUT2D eigenvalue weighted by Gasteiger charge is 2.40. The number of ketones is 1. The average molecular weight is 436 g/mol. The van der Waals surface area contributed by atoms with Crippen molar-refractivity contribution in [3.8, 4) is 17.2 Å². The summed E-state index contributed by atoms with van der Waals surface area (Å²) in [5, 5.41) is 7.92. The highest BCUT2D eigenvalue weighted by Crippen LogP contribution is 2.47. The van der Waals surface area contributed by atoms with Crippen molar-refractivity contribution in [2.75, 3.05) is 26.6 Å². The van der Waals surface area contributed by atoms with Gasteiger partial charge in [0.1, 0.15) is 17.6 Å². The number of carbonyl (C=O) groups excluding carboxylic acids is 1. The van der Waals surface area contributed by atoms with Crippen molar-refractivity contribution < 1.29 is 23.4 Å². The number of aryl methyl sites for hydroxylation is 1. The normalized spacial score (nSPS) is 19.8. The highest BCUT2D eigenvalue weighted by atomic mass is 16.5. The second kappa shape index (κ2) is 7.74. The van der Waals surface area contributed by atoms with Gasteiger partial charge in [0.15, 0.2) is 17.3 Å². The van der Waals surface area contributed by atoms with E-state index in [0.717, 1.165) is 17.0 Å². The number of rotatable bonds is 5. The number of nitrogens with zero attached hydrogens (tertiary/aromatic N) is 3. The fourth-order valence-electron chi connectivity index (χ4n) is 4.61. The van der Waals surface area contributed by atoms with Gasteiger partial charge >= 0.3 is 0 Å². The Morgan fingerprint density at radius 2 is 1.88 bits per heavy atom. The summed E-state index contributed by atoms with van der Waals surface area (Å²) in [6, 6.07) is 7.00. The molecule has 2 atom stereocenters. The minimum absolute atomic E-state index is 0.0279. The summed E-state index contributed by atoms with van der Waals surface area (Å²) >= 11 is 0. The molecule has 0 fully saturated rings. The summed E-state index contributed by atoms with van der Waals surface area (Å²) in [5.74, 6) is 3.53. The largest absolute Gasteiger partial charge is 0.493 e. The number of benzene rings is 1. The molecule has 1 aromatic carbocycles. The van der Waals surface area contributed by atoms with E-state index in [2.05, 4.69) is 15.4 Å². The Labute approximate surface area is 185 Å². The summed E-state index contributed by atoms with van der Waals surface area (Å²) in [7, 11) is 4.70. The van der Waals surface area contributed by atoms with Gasteiger partial charge in [-0.15, -0.1) is 0 Å². The summed E-state index contributed by atoms with van der Waals surface area (Å²) in [4.78, 5) is 18.0. The number of ether oxygens (including phenoxy) is 3. The van der Waals surface area contributed by atoms with Crippen LogP contribution < -0.4 is 19.5 Å². The topological polar surface area (TPSA) is 101 Å². The maximum Gasteiger partial charge on any atom is 0.226 e. The van der Waals surface area contributed by atoms with E-state index in [4.69, 9.17) is 18.6 Å². The van der Waals surface area contributed by atoms with Crippen LogP contribution in [0.1, 0.15) is 41.9 Å². The standard InChI is InChI=1S/C23H24N4O5/c1-12-24-23-25-15-8-13(17-6-5-7-32-17)9-16(28)20(15)21(27(23)26-12)14-10-18(29-2)22(31-4)19(11-14)30-3/h5-7,10-11,13,21H,8-9H2,1-4H3,(H,24,25,26). The van der Waals surface area contributed by atoms with Gasteiger partial charge < -0.3 is 23.9 Å². The molecule has 1 aliphatic heterocycles. The Balaban J connectivity index is 1.67. The number of furan rings is 1. The van der Waals surface area contributed by atoms with Crippen molar-refractivity contribution in [2.45, 2.75) is 31.7 Å². The molecule has 2 aromatic heterocycles. The zero-order valence-electron chi connectivity index (χ0n) is 18.3. The Kier molecular flexibility index (Phi) is 4.88. The molecule has 2 unspecified atom stereocenters. The van der Waals surface area contributed by atoms with Gasteiger partial charge in [0.05, 0.1) is 27.6 Å². The van der Waals surface area contributed by atoms with Gasteiger partial charge in [0, 0.05) is 23.6 Å². The van der Waals surface area contributed by atoms with Crippen LogP contribution in [0, 0.1) is 6.92 Å². The monoisotopic (exact) mass is 436 g/mol. The first kappa shape index (κ1) is 20.2. The second-order valence-electron chi connectivity index (χ2n) is 7.85. The molecule has 3 aromatic rings. The third-order valence-corrected chi connectivity index (χ3v) is 5.97. The van der Waals surface area contributed by atoms with E-state index < -0.39 is 6.04 Å². The predicted molar refractivity (Wildman–Crippen MR) is 115 cm³/mol. The molecule has 32 heavy (non-hydrogen) atoms. The molecule has 0 amide bonds. The molecule has 0 saturated carbocycles. The Morgan fingerprint density at radius 1 is 1.12 bits per heavy atom. The highest BCUT2D eigenvalue weighted by molar-refractivity contribution is 6.00. The van der Waals surface area contributed by atoms with E-state index in [1.165, 1.54) is 0 Å². The van der Waals surface area contributed by atoms with Gasteiger partial charge in [-0.3, -0.25) is 4.79 Å². The number of nitrogens with one attached hydrogen (secondary N) is 1. The SMILES string of the molecule is COc1cc(C2C3=C(CC(c4ccco4)CC3=O)Nc3nc(C)nn32)cc(OC)c1OC. The van der Waals surface area contributed by atoms with Crippen molar-refractivity contribution >= 4 is 11.7 Å². The third-order valence-electron chi connectivity index (χ3n) is 5.97. The van der Waals surface area contributed by atoms with Crippen LogP contribution in [-0.4, -0.2) is 41.9 Å². The number of hydrogen-bond acceptors (Lipinski definition) is 8. The van der Waals surface area contributed by atoms with Gasteiger partial charge in [-0.1, -0.05) is 0 Å². The molecule has 0 radical (unpaired) electrons. The maximum atomic E-state index is 13.5. The molecule has 1 aliphatic carbocycles. The summed E-state index contributed by atoms with van der Waals surface area (Å²) in [5.41, 5.74) is 2.30. The minimum atomic E-state index is -0.471. The molecule has 2 aliphatic rings. The van der Waals surface area contributed by atoms with Crippen molar-refractivity contribution in [3.63, 3.8) is 0 Å². The Bertz CT molecular complexity index is 1190. The molecule has 5 rings (SSSR count). The van der Waals surface area contributed by atoms with Crippen LogP contribution in [0.2, 0.25) is 0 Å². The van der Waals surface area contributed by atoms with Crippen LogP contribution in [0.4, 0.5) is 5.95 Å². The number of aromatic nitrogens is 3. The first-order chi connectivity index (χ1) is 15.5. The zero-order valence-corrected chi connectivity index (χ0v) is 18.3. The van der Waals surface area contributed by atoms with Gasteiger partial charge in [-0.05, 0) is 43.2 Å². The zero-order chi connectivity index (χ0) is 22.4. The first-order valence-electron chi connectivity index (χ1n) is 10.3. The number of fused-ring (bicyclic) bond motifs is 1. The number of carbonyl (C=O) groups is 1. The van der Waals surface area contributed by atoms with Crippen molar-refractivity contribution in [1.29, 1.82) is 0 Å². The first-order valence-corrected chi connectivity index (χ1v) is 10.3. The van der Waals surface area contributed by atoms with E-state index in [1.807, 2.05) is 31.2 Å². The molecular weight excluding hydrogens is 412 g/mol. The quantitative estimate of drug-likeness (QED) is 0.647. The predicted octanol–water partition coefficient (Wildman–Crippen LogP) is 3.62. The molecule has 0 saturated heterocycles. The lowest BCUT2D eigenvalue weighted by Crippen LogP contribution is -2.33. The average Bonchev–Trinajstić information content (AvgIpc) is 3.45. The van der Waals surface area contributed by atoms with E-state index in [1.54, 1.807) is 32.3 Å². The molecule has 9 heteroatoms. The number of methoxy groups -OCH3 is 3. The molecular formula is C23H24N4O5. The van der Waals surface area contributed by atoms with Crippen molar-refractivity contribution in [2.24, 2.45) is 0 Å². The smallest absolute Gasteiger partial charge is 0.226 e. The molecule has 0 spiro atoms. The molecule has 3 heterocycles. The number of anilines is 1. The molecule has 166 valence electrons. The number of Topliss-reactive ketones (excluding diaryl/α,β-unsaturated/α-hetero) is 1. The molecule has 9 nitrogen and oxygen atoms in total. The van der Waals surface area contributed by atoms with Crippen LogP contribution in [0.3, 0.4) is 0 Å². The number of hydrogen-bond donors (Lipinski definition) is 1. The fourth-order valence-corrected chi connectivity index (χ4v) is 4.61. The summed E-state index contributed by atoms with van der Waals surface area (Å²) in [6.45, 7) is 1.83. The van der Waals surface area contributed by atoms with E-state index in [0.29, 0.717) is 47.4 Å². The summed E-state index contributed by atoms with van der Waals surface area (Å²) < 4.78 is 23.9. The number of allylic oxidation sites excluding steroid dienone is 2. The van der Waals surface area contributed by atoms with E-state index in [-0.39, 0.29) is 11.7 Å². The van der Waals surface area contributed by atoms with Crippen molar-refractivity contribution in [1.82, 2.24) is 14.8 Å². The lowest BCUT2D eigenvalue weighted by molar-refractivity contribution is -0.117. The van der Waals surface area contributed by atoms with Gasteiger partial charge in [-0.2, -0.15) is 10.1 Å². The van der Waals surface area contributed by atoms with Crippen LogP contribution in [-0.2, 0) is 4.79 Å². The van der Waals surface area contributed by atoms with Crippen LogP contribution in [0.5, 0.6) is 17.2 Å². The van der Waals surface area contributed by atoms with Gasteiger partial charge in [0.2, 0.25) is 11.7 Å². The summed E-state index contributed by atoms with van der Waals surface area (Å²) in [6.07, 6.45) is 2.64. The van der Waals surface area contributed by atoms with Crippen LogP contribution in [0.15, 0.2) is 46.2 Å². The van der Waals surface area contributed by atoms with E-state index >= 15 is 0 Å². The maximum absolute atomic E-state index is 13.5. The Morgan fingerprint density at radius 3 is 2.50 bits per heavy atom. The van der Waals surface area contributed by atoms with Crippen LogP contribution in [0.25, 0.3) is 0 Å². The van der Waals surface area contributed by atoms with Crippen molar-refractivity contribution in [3.05, 3.63) is 58.9 Å². The lowest BCUT2D eigenvalue weighted by atomic mass is 9.79. The van der Waals surface area contributed by atoms with Crippen LogP contribution >= 0.6 is 0 Å². The van der Waals surface area contributed by atoms with Gasteiger partial charge in [0.25, 0.3) is 0 Å². The Hall–Kier alpha value is -3.75. The van der Waals surface area contributed by atoms with Gasteiger partial charge in [-0.25, -0.2) is 4.68 Å².